The lowest BCUT2D eigenvalue weighted by molar-refractivity contribution is -0.131. The van der Waals surface area contributed by atoms with Gasteiger partial charge in [-0.2, -0.15) is 0 Å². The highest BCUT2D eigenvalue weighted by atomic mass is 32.2. The molecule has 5 heteroatoms. The van der Waals surface area contributed by atoms with E-state index in [1.165, 1.54) is 22.2 Å². The molecule has 0 aromatic heterocycles. The van der Waals surface area contributed by atoms with E-state index in [2.05, 4.69) is 5.32 Å². The Morgan fingerprint density at radius 3 is 2.40 bits per heavy atom. The zero-order valence-corrected chi connectivity index (χ0v) is 15.9. The lowest BCUT2D eigenvalue weighted by Crippen LogP contribution is -2.36. The van der Waals surface area contributed by atoms with Crippen LogP contribution in [0.2, 0.25) is 0 Å². The Labute approximate surface area is 153 Å². The molecular weight excluding hydrogens is 332 g/mol. The molecule has 0 saturated carbocycles. The average molecular weight is 356 g/mol. The van der Waals surface area contributed by atoms with Gasteiger partial charge < -0.3 is 10.2 Å². The summed E-state index contributed by atoms with van der Waals surface area (Å²) in [5.41, 5.74) is 4.15. The van der Waals surface area contributed by atoms with Crippen LogP contribution in [-0.4, -0.2) is 36.1 Å². The quantitative estimate of drug-likeness (QED) is 0.801. The van der Waals surface area contributed by atoms with Crippen molar-refractivity contribution < 1.29 is 9.59 Å². The summed E-state index contributed by atoms with van der Waals surface area (Å²) < 4.78 is 0. The predicted octanol–water partition coefficient (Wildman–Crippen LogP) is 3.80. The van der Waals surface area contributed by atoms with Gasteiger partial charge in [0.15, 0.2) is 0 Å². The number of nitrogens with one attached hydrogen (secondary N) is 1. The van der Waals surface area contributed by atoms with Crippen LogP contribution in [-0.2, 0) is 9.59 Å². The van der Waals surface area contributed by atoms with Crippen molar-refractivity contribution in [1.82, 2.24) is 4.90 Å². The van der Waals surface area contributed by atoms with E-state index in [-0.39, 0.29) is 18.4 Å². The SMILES string of the molecule is Cc1ccc(SCC(=O)N(C)CC(=O)Nc2cccc(C)c2C)cc1. The molecule has 2 amide bonds. The van der Waals surface area contributed by atoms with Crippen LogP contribution >= 0.6 is 11.8 Å². The smallest absolute Gasteiger partial charge is 0.243 e. The number of aryl methyl sites for hydroxylation is 2. The summed E-state index contributed by atoms with van der Waals surface area (Å²) in [7, 11) is 1.65. The number of nitrogens with zero attached hydrogens (tertiary/aromatic N) is 1. The topological polar surface area (TPSA) is 49.4 Å². The first-order valence-electron chi connectivity index (χ1n) is 8.16. The molecule has 25 heavy (non-hydrogen) atoms. The molecular formula is C20H24N2O2S. The highest BCUT2D eigenvalue weighted by molar-refractivity contribution is 8.00. The molecule has 2 aromatic rings. The van der Waals surface area contributed by atoms with Gasteiger partial charge in [0.05, 0.1) is 12.3 Å². The number of hydrogen-bond acceptors (Lipinski definition) is 3. The lowest BCUT2D eigenvalue weighted by Gasteiger charge is -2.17. The van der Waals surface area contributed by atoms with Gasteiger partial charge in [-0.15, -0.1) is 11.8 Å². The van der Waals surface area contributed by atoms with Gasteiger partial charge in [-0.3, -0.25) is 9.59 Å². The zero-order chi connectivity index (χ0) is 18.4. The van der Waals surface area contributed by atoms with Crippen LogP contribution in [0.1, 0.15) is 16.7 Å². The normalized spacial score (nSPS) is 10.4. The molecule has 0 aliphatic rings. The second-order valence-electron chi connectivity index (χ2n) is 6.15. The second kappa shape index (κ2) is 8.72. The van der Waals surface area contributed by atoms with Gasteiger partial charge >= 0.3 is 0 Å². The van der Waals surface area contributed by atoms with E-state index in [9.17, 15) is 9.59 Å². The van der Waals surface area contributed by atoms with Gasteiger partial charge in [0.2, 0.25) is 11.8 Å². The van der Waals surface area contributed by atoms with Crippen LogP contribution in [0.25, 0.3) is 0 Å². The minimum Gasteiger partial charge on any atom is -0.336 e. The lowest BCUT2D eigenvalue weighted by atomic mass is 10.1. The highest BCUT2D eigenvalue weighted by Gasteiger charge is 2.14. The number of carbonyl (C=O) groups is 2. The number of thioether (sulfide) groups is 1. The van der Waals surface area contributed by atoms with E-state index in [1.807, 2.05) is 63.2 Å². The number of benzene rings is 2. The summed E-state index contributed by atoms with van der Waals surface area (Å²) in [6.07, 6.45) is 0. The summed E-state index contributed by atoms with van der Waals surface area (Å²) >= 11 is 1.48. The first-order valence-corrected chi connectivity index (χ1v) is 9.15. The number of likely N-dealkylation sites (N-methyl/N-ethyl adjacent to an activating group) is 1. The molecule has 0 heterocycles. The molecule has 0 aliphatic carbocycles. The molecule has 2 aromatic carbocycles. The number of carbonyl (C=O) groups excluding carboxylic acids is 2. The van der Waals surface area contributed by atoms with Crippen LogP contribution in [0, 0.1) is 20.8 Å². The third-order valence-electron chi connectivity index (χ3n) is 4.07. The summed E-state index contributed by atoms with van der Waals surface area (Å²) in [6.45, 7) is 6.05. The van der Waals surface area contributed by atoms with Gasteiger partial charge in [0, 0.05) is 17.6 Å². The molecule has 0 fully saturated rings. The van der Waals surface area contributed by atoms with Crippen molar-refractivity contribution in [2.45, 2.75) is 25.7 Å². The monoisotopic (exact) mass is 356 g/mol. The van der Waals surface area contributed by atoms with Gasteiger partial charge in [0.1, 0.15) is 0 Å². The van der Waals surface area contributed by atoms with E-state index >= 15 is 0 Å². The predicted molar refractivity (Wildman–Crippen MR) is 104 cm³/mol. The maximum atomic E-state index is 12.2. The summed E-state index contributed by atoms with van der Waals surface area (Å²) in [5, 5.41) is 2.88. The fraction of sp³-hybridized carbons (Fsp3) is 0.300. The van der Waals surface area contributed by atoms with E-state index < -0.39 is 0 Å². The Morgan fingerprint density at radius 2 is 1.72 bits per heavy atom. The molecule has 0 radical (unpaired) electrons. The fourth-order valence-corrected chi connectivity index (χ4v) is 3.11. The van der Waals surface area contributed by atoms with Crippen molar-refractivity contribution in [3.05, 3.63) is 59.2 Å². The van der Waals surface area contributed by atoms with E-state index in [1.54, 1.807) is 7.05 Å². The van der Waals surface area contributed by atoms with Crippen LogP contribution < -0.4 is 5.32 Å². The number of amides is 2. The van der Waals surface area contributed by atoms with E-state index in [0.29, 0.717) is 5.75 Å². The van der Waals surface area contributed by atoms with Crippen molar-refractivity contribution in [3.8, 4) is 0 Å². The van der Waals surface area contributed by atoms with Crippen LogP contribution in [0.15, 0.2) is 47.4 Å². The van der Waals surface area contributed by atoms with Crippen LogP contribution in [0.4, 0.5) is 5.69 Å². The molecule has 0 aliphatic heterocycles. The largest absolute Gasteiger partial charge is 0.336 e. The minimum atomic E-state index is -0.190. The molecule has 0 unspecified atom stereocenters. The van der Waals surface area contributed by atoms with E-state index in [0.717, 1.165) is 21.7 Å². The molecule has 1 N–H and O–H groups in total. The van der Waals surface area contributed by atoms with Crippen molar-refractivity contribution in [2.24, 2.45) is 0 Å². The van der Waals surface area contributed by atoms with Crippen molar-refractivity contribution >= 4 is 29.3 Å². The van der Waals surface area contributed by atoms with E-state index in [4.69, 9.17) is 0 Å². The Bertz CT molecular complexity index is 757. The molecule has 0 atom stereocenters. The molecule has 0 saturated heterocycles. The summed E-state index contributed by atoms with van der Waals surface area (Å²) in [5.74, 6) is 0.0580. The van der Waals surface area contributed by atoms with Gasteiger partial charge in [-0.05, 0) is 50.1 Å². The maximum Gasteiger partial charge on any atom is 0.243 e. The Morgan fingerprint density at radius 1 is 1.04 bits per heavy atom. The average Bonchev–Trinajstić information content (AvgIpc) is 2.58. The first kappa shape index (κ1) is 19.1. The van der Waals surface area contributed by atoms with Crippen molar-refractivity contribution in [2.75, 3.05) is 24.7 Å². The Hall–Kier alpha value is -2.27. The highest BCUT2D eigenvalue weighted by Crippen LogP contribution is 2.19. The zero-order valence-electron chi connectivity index (χ0n) is 15.1. The van der Waals surface area contributed by atoms with Gasteiger partial charge in [-0.25, -0.2) is 0 Å². The van der Waals surface area contributed by atoms with Crippen molar-refractivity contribution in [3.63, 3.8) is 0 Å². The Kier molecular flexibility index (Phi) is 6.65. The molecule has 2 rings (SSSR count). The van der Waals surface area contributed by atoms with Gasteiger partial charge in [0.25, 0.3) is 0 Å². The summed E-state index contributed by atoms with van der Waals surface area (Å²) in [6, 6.07) is 13.8. The van der Waals surface area contributed by atoms with Crippen molar-refractivity contribution in [1.29, 1.82) is 0 Å². The number of hydrogen-bond donors (Lipinski definition) is 1. The fourth-order valence-electron chi connectivity index (χ4n) is 2.27. The first-order chi connectivity index (χ1) is 11.9. The third kappa shape index (κ3) is 5.64. The third-order valence-corrected chi connectivity index (χ3v) is 5.07. The number of rotatable bonds is 6. The Balaban J connectivity index is 1.84. The molecule has 0 spiro atoms. The number of anilines is 1. The van der Waals surface area contributed by atoms with Gasteiger partial charge in [-0.1, -0.05) is 29.8 Å². The molecule has 0 bridgehead atoms. The van der Waals surface area contributed by atoms with Crippen LogP contribution in [0.5, 0.6) is 0 Å². The second-order valence-corrected chi connectivity index (χ2v) is 7.20. The maximum absolute atomic E-state index is 12.2. The minimum absolute atomic E-state index is 0.0423. The van der Waals surface area contributed by atoms with Crippen LogP contribution in [0.3, 0.4) is 0 Å². The molecule has 4 nitrogen and oxygen atoms in total. The summed E-state index contributed by atoms with van der Waals surface area (Å²) in [4.78, 5) is 26.9. The standard InChI is InChI=1S/C20H24N2O2S/c1-14-8-10-17(11-9-14)25-13-20(24)22(4)12-19(23)21-18-7-5-6-15(2)16(18)3/h5-11H,12-13H2,1-4H3,(H,21,23). The molecule has 132 valence electrons.